The highest BCUT2D eigenvalue weighted by atomic mass is 35.5. The van der Waals surface area contributed by atoms with Gasteiger partial charge in [-0.25, -0.2) is 0 Å². The summed E-state index contributed by atoms with van der Waals surface area (Å²) in [7, 11) is 0. The number of halogens is 1. The van der Waals surface area contributed by atoms with Gasteiger partial charge in [-0.3, -0.25) is 4.79 Å². The molecule has 0 bridgehead atoms. The van der Waals surface area contributed by atoms with Crippen LogP contribution in [0.1, 0.15) is 23.7 Å². The zero-order valence-corrected chi connectivity index (χ0v) is 13.7. The summed E-state index contributed by atoms with van der Waals surface area (Å²) in [5.74, 6) is -0.243. The standard InChI is InChI=1S/C17H15ClN2OS/c1-2-11-20-14-5-3-4-6-15(14)22-17(20)19-16(21)12-7-9-13(18)10-8-12/h3-10H,2,11H2,1H3. The maximum Gasteiger partial charge on any atom is 0.279 e. The third kappa shape index (κ3) is 2.98. The van der Waals surface area contributed by atoms with Gasteiger partial charge in [-0.1, -0.05) is 42.0 Å². The summed E-state index contributed by atoms with van der Waals surface area (Å²) in [4.78, 5) is 17.4. The molecular formula is C17H15ClN2OS. The van der Waals surface area contributed by atoms with Crippen molar-refractivity contribution in [2.45, 2.75) is 19.9 Å². The number of rotatable bonds is 3. The van der Waals surface area contributed by atoms with Crippen molar-refractivity contribution in [3.8, 4) is 0 Å². The average Bonchev–Trinajstić information content (AvgIpc) is 2.86. The summed E-state index contributed by atoms with van der Waals surface area (Å²) >= 11 is 7.39. The summed E-state index contributed by atoms with van der Waals surface area (Å²) < 4.78 is 3.24. The van der Waals surface area contributed by atoms with E-state index in [2.05, 4.69) is 28.6 Å². The van der Waals surface area contributed by atoms with E-state index in [9.17, 15) is 4.79 Å². The van der Waals surface area contributed by atoms with Gasteiger partial charge in [0.1, 0.15) is 0 Å². The molecule has 5 heteroatoms. The normalized spacial score (nSPS) is 12.0. The first-order valence-corrected chi connectivity index (χ1v) is 8.31. The van der Waals surface area contributed by atoms with E-state index < -0.39 is 0 Å². The lowest BCUT2D eigenvalue weighted by atomic mass is 10.2. The molecule has 0 saturated carbocycles. The fourth-order valence-electron chi connectivity index (χ4n) is 2.29. The van der Waals surface area contributed by atoms with Crippen LogP contribution in [0.25, 0.3) is 10.2 Å². The Morgan fingerprint density at radius 2 is 1.91 bits per heavy atom. The molecule has 2 aromatic carbocycles. The minimum absolute atomic E-state index is 0.243. The zero-order chi connectivity index (χ0) is 15.5. The van der Waals surface area contributed by atoms with Gasteiger partial charge in [0.25, 0.3) is 5.91 Å². The maximum absolute atomic E-state index is 12.3. The van der Waals surface area contributed by atoms with Gasteiger partial charge in [-0.05, 0) is 42.8 Å². The molecule has 0 spiro atoms. The van der Waals surface area contributed by atoms with E-state index in [-0.39, 0.29) is 5.91 Å². The molecule has 3 rings (SSSR count). The van der Waals surface area contributed by atoms with Crippen LogP contribution in [0.2, 0.25) is 5.02 Å². The average molecular weight is 331 g/mol. The van der Waals surface area contributed by atoms with Crippen molar-refractivity contribution in [3.05, 3.63) is 63.9 Å². The molecule has 0 atom stereocenters. The number of carbonyl (C=O) groups excluding carboxylic acids is 1. The van der Waals surface area contributed by atoms with Crippen LogP contribution in [0.5, 0.6) is 0 Å². The van der Waals surface area contributed by atoms with E-state index in [1.807, 2.05) is 12.1 Å². The largest absolute Gasteiger partial charge is 0.316 e. The van der Waals surface area contributed by atoms with Crippen molar-refractivity contribution < 1.29 is 4.79 Å². The smallest absolute Gasteiger partial charge is 0.279 e. The predicted molar refractivity (Wildman–Crippen MR) is 91.5 cm³/mol. The van der Waals surface area contributed by atoms with Gasteiger partial charge in [0.2, 0.25) is 0 Å². The first-order chi connectivity index (χ1) is 10.7. The number of fused-ring (bicyclic) bond motifs is 1. The van der Waals surface area contributed by atoms with Crippen molar-refractivity contribution in [2.24, 2.45) is 4.99 Å². The Morgan fingerprint density at radius 3 is 2.64 bits per heavy atom. The maximum atomic E-state index is 12.3. The van der Waals surface area contributed by atoms with Gasteiger partial charge in [0, 0.05) is 17.1 Å². The molecule has 112 valence electrons. The lowest BCUT2D eigenvalue weighted by Crippen LogP contribution is -2.16. The Kier molecular flexibility index (Phi) is 4.41. The molecule has 0 unspecified atom stereocenters. The van der Waals surface area contributed by atoms with Crippen LogP contribution >= 0.6 is 22.9 Å². The minimum atomic E-state index is -0.243. The second-order valence-electron chi connectivity index (χ2n) is 4.93. The van der Waals surface area contributed by atoms with Gasteiger partial charge in [0.05, 0.1) is 10.2 Å². The molecule has 0 N–H and O–H groups in total. The molecular weight excluding hydrogens is 316 g/mol. The Balaban J connectivity index is 2.10. The molecule has 1 amide bonds. The molecule has 1 heterocycles. The van der Waals surface area contributed by atoms with Gasteiger partial charge in [-0.2, -0.15) is 4.99 Å². The summed E-state index contributed by atoms with van der Waals surface area (Å²) in [5.41, 5.74) is 1.67. The molecule has 0 fully saturated rings. The van der Waals surface area contributed by atoms with E-state index in [0.29, 0.717) is 10.6 Å². The lowest BCUT2D eigenvalue weighted by molar-refractivity contribution is 0.0998. The highest BCUT2D eigenvalue weighted by Crippen LogP contribution is 2.17. The van der Waals surface area contributed by atoms with Crippen LogP contribution in [0.4, 0.5) is 0 Å². The fraction of sp³-hybridized carbons (Fsp3) is 0.176. The molecule has 0 aliphatic rings. The van der Waals surface area contributed by atoms with Crippen LogP contribution in [0.3, 0.4) is 0 Å². The van der Waals surface area contributed by atoms with Crippen LogP contribution in [-0.2, 0) is 6.54 Å². The molecule has 0 radical (unpaired) electrons. The van der Waals surface area contributed by atoms with Crippen molar-refractivity contribution in [2.75, 3.05) is 0 Å². The number of hydrogen-bond donors (Lipinski definition) is 0. The van der Waals surface area contributed by atoms with Gasteiger partial charge >= 0.3 is 0 Å². The van der Waals surface area contributed by atoms with Crippen LogP contribution in [0, 0.1) is 0 Å². The molecule has 0 aliphatic heterocycles. The highest BCUT2D eigenvalue weighted by Gasteiger charge is 2.08. The first-order valence-electron chi connectivity index (χ1n) is 7.12. The number of aryl methyl sites for hydroxylation is 1. The summed E-state index contributed by atoms with van der Waals surface area (Å²) in [6, 6.07) is 14.9. The Morgan fingerprint density at radius 1 is 1.18 bits per heavy atom. The van der Waals surface area contributed by atoms with Crippen molar-refractivity contribution in [1.82, 2.24) is 4.57 Å². The second-order valence-corrected chi connectivity index (χ2v) is 6.37. The number of carbonyl (C=O) groups is 1. The second kappa shape index (κ2) is 6.46. The predicted octanol–water partition coefficient (Wildman–Crippen LogP) is 4.51. The lowest BCUT2D eigenvalue weighted by Gasteiger charge is -2.02. The number of hydrogen-bond acceptors (Lipinski definition) is 2. The van der Waals surface area contributed by atoms with E-state index in [1.165, 1.54) is 11.3 Å². The quantitative estimate of drug-likeness (QED) is 0.696. The highest BCUT2D eigenvalue weighted by molar-refractivity contribution is 7.16. The SMILES string of the molecule is CCCn1c(=NC(=O)c2ccc(Cl)cc2)sc2ccccc21. The molecule has 3 aromatic rings. The molecule has 0 aliphatic carbocycles. The number of thiazole rings is 1. The van der Waals surface area contributed by atoms with E-state index in [4.69, 9.17) is 11.6 Å². The van der Waals surface area contributed by atoms with Crippen molar-refractivity contribution >= 4 is 39.1 Å². The monoisotopic (exact) mass is 330 g/mol. The third-order valence-corrected chi connectivity index (χ3v) is 4.64. The summed E-state index contributed by atoms with van der Waals surface area (Å²) in [6.45, 7) is 2.96. The summed E-state index contributed by atoms with van der Waals surface area (Å²) in [5, 5.41) is 0.611. The van der Waals surface area contributed by atoms with Gasteiger partial charge in [-0.15, -0.1) is 0 Å². The van der Waals surface area contributed by atoms with E-state index >= 15 is 0 Å². The number of nitrogens with zero attached hydrogens (tertiary/aromatic N) is 2. The number of benzene rings is 2. The number of aromatic nitrogens is 1. The number of amides is 1. The van der Waals surface area contributed by atoms with E-state index in [1.54, 1.807) is 24.3 Å². The Hall–Kier alpha value is -1.91. The fourth-order valence-corrected chi connectivity index (χ4v) is 3.47. The Bertz CT molecular complexity index is 878. The zero-order valence-electron chi connectivity index (χ0n) is 12.1. The number of para-hydroxylation sites is 1. The molecule has 0 saturated heterocycles. The van der Waals surface area contributed by atoms with Gasteiger partial charge < -0.3 is 4.57 Å². The third-order valence-electron chi connectivity index (χ3n) is 3.32. The van der Waals surface area contributed by atoms with E-state index in [0.717, 1.165) is 28.0 Å². The molecule has 22 heavy (non-hydrogen) atoms. The summed E-state index contributed by atoms with van der Waals surface area (Å²) in [6.07, 6.45) is 0.989. The van der Waals surface area contributed by atoms with Crippen LogP contribution in [-0.4, -0.2) is 10.5 Å². The van der Waals surface area contributed by atoms with Crippen molar-refractivity contribution in [1.29, 1.82) is 0 Å². The molecule has 1 aromatic heterocycles. The first kappa shape index (κ1) is 15.0. The minimum Gasteiger partial charge on any atom is -0.316 e. The Labute approximate surface area is 137 Å². The topological polar surface area (TPSA) is 34.4 Å². The van der Waals surface area contributed by atoms with Crippen molar-refractivity contribution in [3.63, 3.8) is 0 Å². The van der Waals surface area contributed by atoms with Crippen LogP contribution < -0.4 is 4.80 Å². The van der Waals surface area contributed by atoms with Gasteiger partial charge in [0.15, 0.2) is 4.80 Å². The molecule has 3 nitrogen and oxygen atoms in total. The van der Waals surface area contributed by atoms with Crippen LogP contribution in [0.15, 0.2) is 53.5 Å².